The summed E-state index contributed by atoms with van der Waals surface area (Å²) in [4.78, 5) is 62.9. The molecule has 0 bridgehead atoms. The minimum Gasteiger partial charge on any atom is -0.332 e. The third-order valence-corrected chi connectivity index (χ3v) is 18.6. The van der Waals surface area contributed by atoms with Crippen molar-refractivity contribution in [2.45, 2.75) is 129 Å². The van der Waals surface area contributed by atoms with Crippen molar-refractivity contribution in [1.82, 2.24) is 18.9 Å². The number of carbonyl (C=O) groups is 4. The number of hydrogen-bond acceptors (Lipinski definition) is 9. The summed E-state index contributed by atoms with van der Waals surface area (Å²) in [6.07, 6.45) is 7.78. The fourth-order valence-electron chi connectivity index (χ4n) is 10.6. The van der Waals surface area contributed by atoms with Crippen LogP contribution in [0, 0.1) is 50.7 Å². The molecule has 1 aromatic heterocycles. The first-order chi connectivity index (χ1) is 25.9. The molecule has 0 radical (unpaired) electrons. The van der Waals surface area contributed by atoms with E-state index in [1.165, 1.54) is 23.6 Å². The van der Waals surface area contributed by atoms with E-state index in [-0.39, 0.29) is 82.3 Å². The van der Waals surface area contributed by atoms with Crippen LogP contribution in [0.25, 0.3) is 0 Å². The normalized spacial score (nSPS) is 28.9. The molecule has 14 heteroatoms. The lowest BCUT2D eigenvalue weighted by molar-refractivity contribution is -0.144. The largest absolute Gasteiger partial charge is 0.332 e. The Bertz CT molecular complexity index is 1980. The highest BCUT2D eigenvalue weighted by atomic mass is 32.2. The van der Waals surface area contributed by atoms with Crippen LogP contribution in [0.2, 0.25) is 0 Å². The zero-order valence-corrected chi connectivity index (χ0v) is 36.1. The average molecular weight is 815 g/mol. The van der Waals surface area contributed by atoms with E-state index in [4.69, 9.17) is 0 Å². The smallest absolute Gasteiger partial charge is 0.260 e. The van der Waals surface area contributed by atoms with Gasteiger partial charge >= 0.3 is 0 Å². The van der Waals surface area contributed by atoms with Crippen molar-refractivity contribution >= 4 is 43.4 Å². The number of carbonyl (C=O) groups excluding carboxylic acids is 4. The number of likely N-dealkylation sites (tertiary alicyclic amines) is 1. The molecule has 4 saturated carbocycles. The topological polar surface area (TPSA) is 168 Å². The predicted molar refractivity (Wildman–Crippen MR) is 213 cm³/mol. The van der Waals surface area contributed by atoms with Crippen molar-refractivity contribution in [1.29, 1.82) is 0 Å². The number of nitrogens with one attached hydrogen (secondary N) is 1. The molecule has 5 fully saturated rings. The summed E-state index contributed by atoms with van der Waals surface area (Å²) >= 11 is 0. The summed E-state index contributed by atoms with van der Waals surface area (Å²) < 4.78 is 55.8. The van der Waals surface area contributed by atoms with Gasteiger partial charge in [-0.3, -0.25) is 23.9 Å². The van der Waals surface area contributed by atoms with Crippen molar-refractivity contribution < 1.29 is 36.0 Å². The molecule has 5 aliphatic rings. The molecule has 6 rings (SSSR count). The molecule has 1 aliphatic heterocycles. The lowest BCUT2D eigenvalue weighted by Gasteiger charge is -2.34. The van der Waals surface area contributed by atoms with E-state index in [9.17, 15) is 36.0 Å². The van der Waals surface area contributed by atoms with E-state index in [2.05, 4.69) is 30.1 Å². The molecule has 2 spiro atoms. The van der Waals surface area contributed by atoms with Crippen LogP contribution < -0.4 is 4.72 Å². The molecule has 56 heavy (non-hydrogen) atoms. The van der Waals surface area contributed by atoms with E-state index in [0.717, 1.165) is 19.3 Å². The Balaban J connectivity index is 1.22. The summed E-state index contributed by atoms with van der Waals surface area (Å²) in [6, 6.07) is 3.89. The first-order valence-corrected chi connectivity index (χ1v) is 23.3. The number of nitrogens with zero attached hydrogens (tertiary/aromatic N) is 3. The van der Waals surface area contributed by atoms with Gasteiger partial charge in [0.25, 0.3) is 10.0 Å². The third-order valence-electron chi connectivity index (χ3n) is 15.1. The van der Waals surface area contributed by atoms with Crippen molar-refractivity contribution in [2.75, 3.05) is 20.1 Å². The van der Waals surface area contributed by atoms with Gasteiger partial charge in [0.05, 0.1) is 16.7 Å². The van der Waals surface area contributed by atoms with Gasteiger partial charge < -0.3 is 4.90 Å². The fraction of sp³-hybridized carbons (Fsp3) is 0.738. The number of amides is 2. The molecule has 2 amide bonds. The highest BCUT2D eigenvalue weighted by molar-refractivity contribution is 7.91. The predicted octanol–water partition coefficient (Wildman–Crippen LogP) is 5.54. The van der Waals surface area contributed by atoms with Gasteiger partial charge in [0.2, 0.25) is 21.8 Å². The van der Waals surface area contributed by atoms with Crippen molar-refractivity contribution in [2.24, 2.45) is 50.7 Å². The number of Topliss-reactive ketones (excluding diaryl/α,β-unsaturated/α-hetero) is 2. The number of rotatable bonds is 17. The first kappa shape index (κ1) is 42.6. The van der Waals surface area contributed by atoms with Gasteiger partial charge in [-0.1, -0.05) is 67.0 Å². The number of sulfonamides is 2. The SMILES string of the molecule is C=C[C@@H]1C[C@]1(CC(=O)[C@@H]1C[C@@]2(CN1C(=O)[C@@H](CC(=O)C[C@H](CN(C)S(=O)(=O)c1ccccn1)C(C)(C)C)C(C)C)C(C)(C)C21CCC1)C(=O)NS(=O)(=O)C1CC1. The molecule has 4 aliphatic carbocycles. The Morgan fingerprint density at radius 2 is 1.70 bits per heavy atom. The monoisotopic (exact) mass is 814 g/mol. The van der Waals surface area contributed by atoms with Crippen LogP contribution in [0.15, 0.2) is 42.1 Å². The van der Waals surface area contributed by atoms with Crippen LogP contribution in [0.5, 0.6) is 0 Å². The van der Waals surface area contributed by atoms with E-state index < -0.39 is 54.0 Å². The third kappa shape index (κ3) is 7.11. The number of hydrogen-bond donors (Lipinski definition) is 1. The van der Waals surface area contributed by atoms with Gasteiger partial charge in [0.1, 0.15) is 5.78 Å². The Hall–Kier alpha value is -2.97. The van der Waals surface area contributed by atoms with Crippen LogP contribution in [0.3, 0.4) is 0 Å². The van der Waals surface area contributed by atoms with E-state index >= 15 is 0 Å². The fourth-order valence-corrected chi connectivity index (χ4v) is 13.1. The van der Waals surface area contributed by atoms with E-state index in [0.29, 0.717) is 32.2 Å². The van der Waals surface area contributed by atoms with Crippen LogP contribution in [-0.2, 0) is 39.2 Å². The second-order valence-corrected chi connectivity index (χ2v) is 23.6. The molecular formula is C42H62N4O8S2. The summed E-state index contributed by atoms with van der Waals surface area (Å²) in [5, 5.41) is -0.660. The van der Waals surface area contributed by atoms with Crippen molar-refractivity contribution in [3.8, 4) is 0 Å². The summed E-state index contributed by atoms with van der Waals surface area (Å²) in [7, 11) is -6.24. The van der Waals surface area contributed by atoms with Crippen LogP contribution in [0.4, 0.5) is 0 Å². The zero-order chi connectivity index (χ0) is 41.4. The molecule has 6 atom stereocenters. The Morgan fingerprint density at radius 3 is 2.18 bits per heavy atom. The van der Waals surface area contributed by atoms with E-state index in [1.807, 2.05) is 34.6 Å². The molecule has 2 heterocycles. The Kier molecular flexibility index (Phi) is 11.0. The Morgan fingerprint density at radius 1 is 1.04 bits per heavy atom. The van der Waals surface area contributed by atoms with Crippen molar-refractivity contribution in [3.05, 3.63) is 37.1 Å². The number of allylic oxidation sites excluding steroid dienone is 1. The first-order valence-electron chi connectivity index (χ1n) is 20.3. The lowest BCUT2D eigenvalue weighted by atomic mass is 9.73. The van der Waals surface area contributed by atoms with E-state index in [1.54, 1.807) is 23.1 Å². The second-order valence-electron chi connectivity index (χ2n) is 19.7. The standard InChI is InChI=1S/C42H62N4O8S2/c1-10-28-22-40(28,37(50)44-55(51,52)31-15-16-31)24-34(48)33-23-42(39(7,8)41(42)17-13-18-41)26-46(33)36(49)32(27(2)3)21-30(47)20-29(38(4,5)6)25-45(9)56(53,54)35-14-11-12-19-43-35/h10-12,14,19,27-29,31-33H,1,13,15-18,20-26H2,2-9H3,(H,44,50)/t28-,29-,32+,33+,40-,42-/m1/s1. The maximum atomic E-state index is 14.9. The minimum atomic E-state index is -3.90. The summed E-state index contributed by atoms with van der Waals surface area (Å²) in [5.41, 5.74) is -2.03. The van der Waals surface area contributed by atoms with Crippen molar-refractivity contribution in [3.63, 3.8) is 0 Å². The molecule has 310 valence electrons. The van der Waals surface area contributed by atoms with Crippen LogP contribution >= 0.6 is 0 Å². The highest BCUT2D eigenvalue weighted by Crippen LogP contribution is 2.88. The highest BCUT2D eigenvalue weighted by Gasteiger charge is 2.85. The van der Waals surface area contributed by atoms with Crippen LogP contribution in [0.1, 0.15) is 113 Å². The number of pyridine rings is 1. The second kappa shape index (κ2) is 14.4. The summed E-state index contributed by atoms with van der Waals surface area (Å²) in [6.45, 7) is 18.5. The Labute approximate surface area is 334 Å². The van der Waals surface area contributed by atoms with Gasteiger partial charge in [0.15, 0.2) is 10.8 Å². The molecule has 0 aromatic carbocycles. The number of fused-ring (bicyclic) bond motifs is 1. The van der Waals surface area contributed by atoms with Gasteiger partial charge in [-0.25, -0.2) is 21.8 Å². The molecule has 1 N–H and O–H groups in total. The van der Waals surface area contributed by atoms with Gasteiger partial charge in [-0.2, -0.15) is 4.31 Å². The maximum absolute atomic E-state index is 14.9. The lowest BCUT2D eigenvalue weighted by Crippen LogP contribution is -2.47. The van der Waals surface area contributed by atoms with Gasteiger partial charge in [-0.15, -0.1) is 6.58 Å². The molecular weight excluding hydrogens is 753 g/mol. The minimum absolute atomic E-state index is 0.0227. The summed E-state index contributed by atoms with van der Waals surface area (Å²) in [5.74, 6) is -3.01. The molecule has 1 saturated heterocycles. The molecule has 12 nitrogen and oxygen atoms in total. The number of aromatic nitrogens is 1. The quantitative estimate of drug-likeness (QED) is 0.199. The molecule has 1 aromatic rings. The maximum Gasteiger partial charge on any atom is 0.260 e. The number of ketones is 2. The zero-order valence-electron chi connectivity index (χ0n) is 34.5. The average Bonchev–Trinajstić information content (AvgIpc) is 4.04. The van der Waals surface area contributed by atoms with Gasteiger partial charge in [0, 0.05) is 56.9 Å². The van der Waals surface area contributed by atoms with Crippen LogP contribution in [-0.4, -0.2) is 85.8 Å². The van der Waals surface area contributed by atoms with Gasteiger partial charge in [-0.05, 0) is 84.7 Å². The molecule has 0 unspecified atom stereocenters.